The summed E-state index contributed by atoms with van der Waals surface area (Å²) in [6.45, 7) is 4.63. The van der Waals surface area contributed by atoms with Gasteiger partial charge in [-0.3, -0.25) is 9.59 Å². The number of rotatable bonds is 47. The fraction of sp³-hybridized carbons (Fsp3) is 0.768. The van der Waals surface area contributed by atoms with Gasteiger partial charge in [0.2, 0.25) is 0 Å². The third-order valence-corrected chi connectivity index (χ3v) is 11.6. The summed E-state index contributed by atoms with van der Waals surface area (Å²) in [7, 11) is 5.41. The molecule has 0 aromatic carbocycles. The van der Waals surface area contributed by atoms with E-state index >= 15 is 0 Å². The summed E-state index contributed by atoms with van der Waals surface area (Å²) in [5.74, 6) is -1.76. The number of hydrogen-bond acceptors (Lipinski definition) is 7. The molecule has 370 valence electrons. The van der Waals surface area contributed by atoms with Crippen molar-refractivity contribution < 1.29 is 38.2 Å². The molecule has 0 bridgehead atoms. The Hall–Kier alpha value is -2.97. The van der Waals surface area contributed by atoms with Gasteiger partial charge in [-0.1, -0.05) is 184 Å². The molecule has 8 heteroatoms. The Morgan fingerprint density at radius 3 is 1.27 bits per heavy atom. The molecule has 0 N–H and O–H groups in total. The summed E-state index contributed by atoms with van der Waals surface area (Å²) >= 11 is 0. The standard InChI is InChI=1S/C56H99NO7/c1-6-8-10-12-14-16-18-20-22-24-26-27-29-30-32-34-36-38-40-42-44-46-54(58)63-51-52(50-62-49-48-53(56(60)61)57(3,4)5)64-55(59)47-45-43-41-39-37-35-33-31-28-25-23-21-19-17-15-13-11-9-7-2/h14,16,20,22,25-28,30,32,52-53H,6-13,15,17-19,21,23-24,29,31,33-51H2,1-5H3/b16-14+,22-20+,27-26+,28-25+,32-30+. The molecule has 0 amide bonds. The molecular weight excluding hydrogens is 799 g/mol. The van der Waals surface area contributed by atoms with Crippen molar-refractivity contribution in [3.63, 3.8) is 0 Å². The normalized spacial score (nSPS) is 13.3. The second-order valence-electron chi connectivity index (χ2n) is 18.8. The SMILES string of the molecule is CCCCC/C=C/C/C=C/C/C=C/C/C=C/CCCCCCCC(=O)OCC(COCCC(C(=O)[O-])[N+](C)(C)C)OC(=O)CCCCCCCCC/C=C/CCCCCCCCCC. The van der Waals surface area contributed by atoms with Gasteiger partial charge in [-0.2, -0.15) is 0 Å². The van der Waals surface area contributed by atoms with Crippen molar-refractivity contribution in [3.8, 4) is 0 Å². The molecule has 0 saturated carbocycles. The van der Waals surface area contributed by atoms with Crippen molar-refractivity contribution >= 4 is 17.9 Å². The largest absolute Gasteiger partial charge is 0.544 e. The number of likely N-dealkylation sites (N-methyl/N-ethyl adjacent to an activating group) is 1. The average molecular weight is 898 g/mol. The first kappa shape index (κ1) is 61.0. The number of unbranched alkanes of at least 4 members (excludes halogenated alkanes) is 23. The molecular formula is C56H99NO7. The number of quaternary nitrogens is 1. The zero-order valence-corrected chi connectivity index (χ0v) is 42.2. The lowest BCUT2D eigenvalue weighted by Gasteiger charge is -2.34. The third kappa shape index (κ3) is 44.2. The Kier molecular flexibility index (Phi) is 44.4. The Morgan fingerprint density at radius 2 is 0.828 bits per heavy atom. The van der Waals surface area contributed by atoms with E-state index in [-0.39, 0.29) is 42.7 Å². The van der Waals surface area contributed by atoms with Gasteiger partial charge in [0.1, 0.15) is 12.6 Å². The van der Waals surface area contributed by atoms with E-state index in [4.69, 9.17) is 14.2 Å². The number of hydrogen-bond donors (Lipinski definition) is 0. The van der Waals surface area contributed by atoms with E-state index < -0.39 is 18.1 Å². The van der Waals surface area contributed by atoms with Crippen LogP contribution in [0.15, 0.2) is 60.8 Å². The minimum Gasteiger partial charge on any atom is -0.544 e. The summed E-state index contributed by atoms with van der Waals surface area (Å²) in [6, 6.07) is -0.732. The minimum absolute atomic E-state index is 0.0315. The van der Waals surface area contributed by atoms with Crippen LogP contribution in [-0.4, -0.2) is 75.5 Å². The van der Waals surface area contributed by atoms with Crippen molar-refractivity contribution in [1.29, 1.82) is 0 Å². The molecule has 0 heterocycles. The molecule has 0 radical (unpaired) electrons. The van der Waals surface area contributed by atoms with Crippen LogP contribution in [0.4, 0.5) is 0 Å². The number of aliphatic carboxylic acids is 1. The van der Waals surface area contributed by atoms with Crippen molar-refractivity contribution in [1.82, 2.24) is 0 Å². The molecule has 0 spiro atoms. The van der Waals surface area contributed by atoms with Gasteiger partial charge in [-0.25, -0.2) is 0 Å². The molecule has 0 rings (SSSR count). The van der Waals surface area contributed by atoms with Crippen LogP contribution < -0.4 is 5.11 Å². The highest BCUT2D eigenvalue weighted by molar-refractivity contribution is 5.70. The summed E-state index contributed by atoms with van der Waals surface area (Å²) in [4.78, 5) is 37.1. The first-order valence-electron chi connectivity index (χ1n) is 26.3. The zero-order valence-electron chi connectivity index (χ0n) is 42.2. The van der Waals surface area contributed by atoms with Crippen molar-refractivity contribution in [2.75, 3.05) is 41.0 Å². The molecule has 0 aliphatic carbocycles. The predicted molar refractivity (Wildman–Crippen MR) is 268 cm³/mol. The van der Waals surface area contributed by atoms with Crippen LogP contribution in [0.3, 0.4) is 0 Å². The van der Waals surface area contributed by atoms with Crippen molar-refractivity contribution in [2.24, 2.45) is 0 Å². The van der Waals surface area contributed by atoms with Crippen LogP contribution in [0, 0.1) is 0 Å². The fourth-order valence-corrected chi connectivity index (χ4v) is 7.52. The van der Waals surface area contributed by atoms with E-state index in [2.05, 4.69) is 74.6 Å². The summed E-state index contributed by atoms with van der Waals surface area (Å²) in [5, 5.41) is 11.7. The molecule has 0 aliphatic rings. The van der Waals surface area contributed by atoms with Gasteiger partial charge in [-0.15, -0.1) is 0 Å². The Morgan fingerprint density at radius 1 is 0.469 bits per heavy atom. The third-order valence-electron chi connectivity index (χ3n) is 11.6. The second kappa shape index (κ2) is 46.6. The minimum atomic E-state index is -1.13. The van der Waals surface area contributed by atoms with Gasteiger partial charge < -0.3 is 28.6 Å². The Bertz CT molecular complexity index is 1230. The van der Waals surface area contributed by atoms with Crippen LogP contribution in [-0.2, 0) is 28.6 Å². The molecule has 0 aromatic heterocycles. The first-order chi connectivity index (χ1) is 31.1. The predicted octanol–water partition coefficient (Wildman–Crippen LogP) is 14.0. The maximum Gasteiger partial charge on any atom is 0.306 e. The van der Waals surface area contributed by atoms with E-state index in [0.29, 0.717) is 12.8 Å². The monoisotopic (exact) mass is 898 g/mol. The molecule has 8 nitrogen and oxygen atoms in total. The lowest BCUT2D eigenvalue weighted by Crippen LogP contribution is -2.55. The lowest BCUT2D eigenvalue weighted by molar-refractivity contribution is -0.889. The lowest BCUT2D eigenvalue weighted by atomic mass is 10.1. The maximum atomic E-state index is 12.8. The van der Waals surface area contributed by atoms with Crippen LogP contribution in [0.2, 0.25) is 0 Å². The number of carbonyl (C=O) groups excluding carboxylic acids is 3. The number of carbonyl (C=O) groups is 3. The molecule has 64 heavy (non-hydrogen) atoms. The topological polar surface area (TPSA) is 102 Å². The van der Waals surface area contributed by atoms with Crippen LogP contribution >= 0.6 is 0 Å². The van der Waals surface area contributed by atoms with Gasteiger partial charge >= 0.3 is 11.9 Å². The van der Waals surface area contributed by atoms with Crippen molar-refractivity contribution in [2.45, 2.75) is 238 Å². The number of nitrogens with zero attached hydrogens (tertiary/aromatic N) is 1. The summed E-state index contributed by atoms with van der Waals surface area (Å²) in [5.41, 5.74) is 0. The molecule has 0 aromatic rings. The molecule has 0 fully saturated rings. The van der Waals surface area contributed by atoms with E-state index in [9.17, 15) is 19.5 Å². The van der Waals surface area contributed by atoms with Crippen LogP contribution in [0.5, 0.6) is 0 Å². The Balaban J connectivity index is 4.29. The number of allylic oxidation sites excluding steroid dienone is 10. The number of carboxylic acids is 1. The highest BCUT2D eigenvalue weighted by Crippen LogP contribution is 2.14. The van der Waals surface area contributed by atoms with Gasteiger partial charge in [0.25, 0.3) is 0 Å². The van der Waals surface area contributed by atoms with Crippen LogP contribution in [0.25, 0.3) is 0 Å². The first-order valence-corrected chi connectivity index (χ1v) is 26.3. The summed E-state index contributed by atoms with van der Waals surface area (Å²) in [6.07, 6.45) is 58.2. The smallest absolute Gasteiger partial charge is 0.306 e. The highest BCUT2D eigenvalue weighted by Gasteiger charge is 2.25. The molecule has 2 atom stereocenters. The number of carboxylic acid groups (broad SMARTS) is 1. The average Bonchev–Trinajstić information content (AvgIpc) is 3.26. The van der Waals surface area contributed by atoms with Gasteiger partial charge in [0.15, 0.2) is 6.10 Å². The van der Waals surface area contributed by atoms with E-state index in [1.165, 1.54) is 116 Å². The van der Waals surface area contributed by atoms with E-state index in [1.54, 1.807) is 21.1 Å². The van der Waals surface area contributed by atoms with Crippen LogP contribution in [0.1, 0.15) is 226 Å². The molecule has 0 aliphatic heterocycles. The molecule has 0 saturated heterocycles. The number of ether oxygens (including phenoxy) is 3. The number of esters is 2. The quantitative estimate of drug-likeness (QED) is 0.0259. The second-order valence-corrected chi connectivity index (χ2v) is 18.8. The zero-order chi connectivity index (χ0) is 47.0. The fourth-order valence-electron chi connectivity index (χ4n) is 7.52. The van der Waals surface area contributed by atoms with Gasteiger partial charge in [-0.05, 0) is 83.5 Å². The summed E-state index contributed by atoms with van der Waals surface area (Å²) < 4.78 is 17.2. The van der Waals surface area contributed by atoms with Crippen molar-refractivity contribution in [3.05, 3.63) is 60.8 Å². The van der Waals surface area contributed by atoms with E-state index in [1.807, 2.05) is 0 Å². The molecule has 2 unspecified atom stereocenters. The van der Waals surface area contributed by atoms with Gasteiger partial charge in [0, 0.05) is 19.3 Å². The van der Waals surface area contributed by atoms with Gasteiger partial charge in [0.05, 0.1) is 40.3 Å². The highest BCUT2D eigenvalue weighted by atomic mass is 16.6. The maximum absolute atomic E-state index is 12.8. The Labute approximate surface area is 394 Å². The van der Waals surface area contributed by atoms with E-state index in [0.717, 1.165) is 77.0 Å².